The average Bonchev–Trinajstić information content (AvgIpc) is 3.38. The van der Waals surface area contributed by atoms with E-state index in [4.69, 9.17) is 5.11 Å². The number of fused-ring (bicyclic) bond motifs is 1. The molecule has 2 rings (SSSR count). The summed E-state index contributed by atoms with van der Waals surface area (Å²) in [7, 11) is 0. The molecule has 2 amide bonds. The normalized spacial score (nSPS) is 20.3. The first-order valence-electron chi connectivity index (χ1n) is 15.1. The SMILES string of the molecule is CCC=CCC=CCC=CCC=CCC=CCC=CCCC(=O)NCC1CC2CN(C(=O)C=CC(=O)O)CCN2C1. The molecule has 0 saturated carbocycles. The lowest BCUT2D eigenvalue weighted by Gasteiger charge is -2.36. The first kappa shape index (κ1) is 33.8. The molecule has 0 aromatic rings. The molecule has 0 aliphatic carbocycles. The Kier molecular flexibility index (Phi) is 17.6. The number of carbonyl (C=O) groups excluding carboxylic acids is 2. The number of piperazine rings is 1. The number of hydrogen-bond donors (Lipinski definition) is 2. The third-order valence-electron chi connectivity index (χ3n) is 7.11. The molecule has 2 heterocycles. The summed E-state index contributed by atoms with van der Waals surface area (Å²) in [5.74, 6) is -0.919. The van der Waals surface area contributed by atoms with Gasteiger partial charge in [0.25, 0.3) is 0 Å². The first-order valence-corrected chi connectivity index (χ1v) is 15.1. The number of aliphatic carboxylic acids is 1. The van der Waals surface area contributed by atoms with Crippen LogP contribution in [0.3, 0.4) is 0 Å². The topological polar surface area (TPSA) is 90.0 Å². The fourth-order valence-corrected chi connectivity index (χ4v) is 4.94. The Morgan fingerprint density at radius 2 is 1.32 bits per heavy atom. The Morgan fingerprint density at radius 3 is 1.88 bits per heavy atom. The van der Waals surface area contributed by atoms with Gasteiger partial charge in [0.2, 0.25) is 11.8 Å². The van der Waals surface area contributed by atoms with Gasteiger partial charge in [0, 0.05) is 57.3 Å². The highest BCUT2D eigenvalue weighted by atomic mass is 16.4. The highest BCUT2D eigenvalue weighted by molar-refractivity contribution is 5.94. The van der Waals surface area contributed by atoms with Crippen LogP contribution in [-0.4, -0.2) is 71.5 Å². The number of carboxylic acids is 1. The molecule has 2 aliphatic heterocycles. The van der Waals surface area contributed by atoms with Crippen molar-refractivity contribution in [3.05, 3.63) is 85.1 Å². The fourth-order valence-electron chi connectivity index (χ4n) is 4.94. The third kappa shape index (κ3) is 15.8. The number of amides is 2. The number of carboxylic acid groups (broad SMARTS) is 1. The molecular weight excluding hydrogens is 514 g/mol. The van der Waals surface area contributed by atoms with E-state index in [0.29, 0.717) is 32.0 Å². The Bertz CT molecular complexity index is 1010. The van der Waals surface area contributed by atoms with Gasteiger partial charge < -0.3 is 15.3 Å². The molecule has 0 radical (unpaired) electrons. The Labute approximate surface area is 246 Å². The predicted octanol–water partition coefficient (Wildman–Crippen LogP) is 5.75. The molecular formula is C34H49N3O4. The summed E-state index contributed by atoms with van der Waals surface area (Å²) in [5.41, 5.74) is 0. The summed E-state index contributed by atoms with van der Waals surface area (Å²) >= 11 is 0. The van der Waals surface area contributed by atoms with Gasteiger partial charge in [0.15, 0.2) is 0 Å². The Balaban J connectivity index is 1.48. The summed E-state index contributed by atoms with van der Waals surface area (Å²) in [6, 6.07) is 0.270. The van der Waals surface area contributed by atoms with Gasteiger partial charge in [-0.25, -0.2) is 4.79 Å². The molecule has 0 aromatic heterocycles. The minimum absolute atomic E-state index is 0.0741. The van der Waals surface area contributed by atoms with Crippen LogP contribution in [0.5, 0.6) is 0 Å². The van der Waals surface area contributed by atoms with Crippen LogP contribution in [0.1, 0.15) is 64.7 Å². The minimum Gasteiger partial charge on any atom is -0.478 e. The van der Waals surface area contributed by atoms with Crippen LogP contribution >= 0.6 is 0 Å². The van der Waals surface area contributed by atoms with E-state index >= 15 is 0 Å². The van der Waals surface area contributed by atoms with E-state index in [0.717, 1.165) is 76.6 Å². The zero-order valence-corrected chi connectivity index (χ0v) is 24.7. The van der Waals surface area contributed by atoms with Gasteiger partial charge in [0.05, 0.1) is 0 Å². The lowest BCUT2D eigenvalue weighted by Crippen LogP contribution is -2.51. The molecule has 2 N–H and O–H groups in total. The maximum absolute atomic E-state index is 12.3. The van der Waals surface area contributed by atoms with Gasteiger partial charge in [-0.3, -0.25) is 14.5 Å². The molecule has 0 spiro atoms. The molecule has 2 atom stereocenters. The van der Waals surface area contributed by atoms with Crippen LogP contribution in [0.4, 0.5) is 0 Å². The second kappa shape index (κ2) is 21.3. The van der Waals surface area contributed by atoms with Crippen LogP contribution in [0.25, 0.3) is 0 Å². The lowest BCUT2D eigenvalue weighted by molar-refractivity contribution is -0.132. The van der Waals surface area contributed by atoms with E-state index < -0.39 is 5.97 Å². The zero-order chi connectivity index (χ0) is 29.5. The van der Waals surface area contributed by atoms with Crippen molar-refractivity contribution in [2.45, 2.75) is 70.8 Å². The molecule has 0 bridgehead atoms. The maximum Gasteiger partial charge on any atom is 0.328 e. The molecule has 0 aromatic carbocycles. The van der Waals surface area contributed by atoms with Gasteiger partial charge >= 0.3 is 5.97 Å². The minimum atomic E-state index is -1.12. The van der Waals surface area contributed by atoms with Gasteiger partial charge in [-0.15, -0.1) is 0 Å². The second-order valence-corrected chi connectivity index (χ2v) is 10.5. The van der Waals surface area contributed by atoms with Crippen LogP contribution in [0.2, 0.25) is 0 Å². The summed E-state index contributed by atoms with van der Waals surface area (Å²) < 4.78 is 0. The number of carbonyl (C=O) groups is 3. The highest BCUT2D eigenvalue weighted by Gasteiger charge is 2.36. The van der Waals surface area contributed by atoms with Crippen molar-refractivity contribution >= 4 is 17.8 Å². The van der Waals surface area contributed by atoms with E-state index in [-0.39, 0.29) is 17.9 Å². The molecule has 2 fully saturated rings. The molecule has 2 saturated heterocycles. The number of nitrogens with zero attached hydrogens (tertiary/aromatic N) is 2. The van der Waals surface area contributed by atoms with Crippen molar-refractivity contribution in [1.29, 1.82) is 0 Å². The number of allylic oxidation sites excluding steroid dienone is 12. The largest absolute Gasteiger partial charge is 0.478 e. The van der Waals surface area contributed by atoms with E-state index in [1.807, 2.05) is 0 Å². The lowest BCUT2D eigenvalue weighted by atomic mass is 10.0. The average molecular weight is 564 g/mol. The van der Waals surface area contributed by atoms with Crippen molar-refractivity contribution in [2.75, 3.05) is 32.7 Å². The standard InChI is InChI=1S/C34H49N3O4/c1-2-3-4-5-6-7-8-9-10-11-12-13-14-15-16-17-18-19-20-21-32(38)35-27-30-26-31-29-37(25-24-36(31)28-30)33(39)22-23-34(40)41/h3-4,6-7,9-10,12-13,15-16,18-19,22-23,30-31H,2,5,8,11,14,17,20-21,24-29H2,1H3,(H,35,38)(H,40,41). The highest BCUT2D eigenvalue weighted by Crippen LogP contribution is 2.26. The fraction of sp³-hybridized carbons (Fsp3) is 0.500. The van der Waals surface area contributed by atoms with Gasteiger partial charge in [0.1, 0.15) is 0 Å². The smallest absolute Gasteiger partial charge is 0.328 e. The quantitative estimate of drug-likeness (QED) is 0.164. The maximum atomic E-state index is 12.3. The summed E-state index contributed by atoms with van der Waals surface area (Å²) in [6.45, 7) is 5.72. The number of rotatable bonds is 18. The van der Waals surface area contributed by atoms with E-state index in [1.165, 1.54) is 0 Å². The first-order chi connectivity index (χ1) is 20.0. The molecule has 2 unspecified atom stereocenters. The van der Waals surface area contributed by atoms with Gasteiger partial charge in [-0.1, -0.05) is 79.8 Å². The van der Waals surface area contributed by atoms with E-state index in [9.17, 15) is 14.4 Å². The third-order valence-corrected chi connectivity index (χ3v) is 7.11. The van der Waals surface area contributed by atoms with Crippen molar-refractivity contribution in [2.24, 2.45) is 5.92 Å². The molecule has 41 heavy (non-hydrogen) atoms. The Morgan fingerprint density at radius 1 is 0.756 bits per heavy atom. The summed E-state index contributed by atoms with van der Waals surface area (Å²) in [5, 5.41) is 11.8. The zero-order valence-electron chi connectivity index (χ0n) is 24.7. The number of nitrogens with one attached hydrogen (secondary N) is 1. The van der Waals surface area contributed by atoms with Crippen molar-refractivity contribution < 1.29 is 19.5 Å². The van der Waals surface area contributed by atoms with Crippen LogP contribution in [-0.2, 0) is 14.4 Å². The molecule has 2 aliphatic rings. The second-order valence-electron chi connectivity index (χ2n) is 10.5. The van der Waals surface area contributed by atoms with E-state index in [1.54, 1.807) is 4.90 Å². The van der Waals surface area contributed by atoms with Crippen LogP contribution in [0.15, 0.2) is 85.1 Å². The van der Waals surface area contributed by atoms with Gasteiger partial charge in [-0.05, 0) is 57.3 Å². The summed E-state index contributed by atoms with van der Waals surface area (Å²) in [4.78, 5) is 39.2. The van der Waals surface area contributed by atoms with Crippen LogP contribution in [0, 0.1) is 5.92 Å². The summed E-state index contributed by atoms with van der Waals surface area (Å²) in [6.07, 6.45) is 36.1. The molecule has 7 nitrogen and oxygen atoms in total. The molecule has 224 valence electrons. The predicted molar refractivity (Wildman–Crippen MR) is 167 cm³/mol. The van der Waals surface area contributed by atoms with Gasteiger partial charge in [-0.2, -0.15) is 0 Å². The Hall–Kier alpha value is -3.45. The van der Waals surface area contributed by atoms with Crippen molar-refractivity contribution in [3.8, 4) is 0 Å². The van der Waals surface area contributed by atoms with E-state index in [2.05, 4.69) is 90.1 Å². The van der Waals surface area contributed by atoms with Crippen molar-refractivity contribution in [1.82, 2.24) is 15.1 Å². The van der Waals surface area contributed by atoms with Crippen LogP contribution < -0.4 is 5.32 Å². The monoisotopic (exact) mass is 563 g/mol. The van der Waals surface area contributed by atoms with Crippen molar-refractivity contribution in [3.63, 3.8) is 0 Å². The number of hydrogen-bond acceptors (Lipinski definition) is 4. The molecule has 7 heteroatoms.